The van der Waals surface area contributed by atoms with Crippen molar-refractivity contribution in [3.63, 3.8) is 0 Å². The van der Waals surface area contributed by atoms with Gasteiger partial charge in [0, 0.05) is 25.6 Å². The predicted molar refractivity (Wildman–Crippen MR) is 90.5 cm³/mol. The minimum Gasteiger partial charge on any atom is -0.383 e. The van der Waals surface area contributed by atoms with Crippen LogP contribution in [0, 0.1) is 5.92 Å². The fourth-order valence-corrected chi connectivity index (χ4v) is 3.51. The van der Waals surface area contributed by atoms with Crippen LogP contribution in [0.3, 0.4) is 0 Å². The maximum absolute atomic E-state index is 6.24. The number of benzene rings is 1. The number of hydrogen-bond acceptors (Lipinski definition) is 2. The van der Waals surface area contributed by atoms with E-state index >= 15 is 0 Å². The first-order chi connectivity index (χ1) is 10.1. The average Bonchev–Trinajstić information content (AvgIpc) is 2.49. The molecule has 4 heteroatoms. The number of ether oxygens (including phenoxy) is 1. The quantitative estimate of drug-likeness (QED) is 0.765. The molecule has 1 fully saturated rings. The van der Waals surface area contributed by atoms with Gasteiger partial charge in [-0.2, -0.15) is 0 Å². The van der Waals surface area contributed by atoms with Crippen LogP contribution in [0.25, 0.3) is 0 Å². The number of nitrogens with one attached hydrogen (secondary N) is 1. The fourth-order valence-electron chi connectivity index (χ4n) is 3.21. The normalized spacial score (nSPS) is 26.0. The van der Waals surface area contributed by atoms with Crippen molar-refractivity contribution < 1.29 is 4.74 Å². The van der Waals surface area contributed by atoms with Crippen molar-refractivity contribution in [1.29, 1.82) is 0 Å². The Labute approximate surface area is 138 Å². The van der Waals surface area contributed by atoms with Gasteiger partial charge in [0.25, 0.3) is 0 Å². The summed E-state index contributed by atoms with van der Waals surface area (Å²) >= 11 is 12.3. The number of hydrogen-bond donors (Lipinski definition) is 1. The van der Waals surface area contributed by atoms with Crippen molar-refractivity contribution >= 4 is 23.2 Å². The molecule has 0 unspecified atom stereocenters. The van der Waals surface area contributed by atoms with E-state index in [0.717, 1.165) is 25.6 Å². The molecule has 2 rings (SSSR count). The second-order valence-corrected chi connectivity index (χ2v) is 7.08. The summed E-state index contributed by atoms with van der Waals surface area (Å²) in [6, 6.07) is 6.12. The first-order valence-corrected chi connectivity index (χ1v) is 8.48. The van der Waals surface area contributed by atoms with Gasteiger partial charge < -0.3 is 10.1 Å². The van der Waals surface area contributed by atoms with Crippen LogP contribution in [0.2, 0.25) is 10.0 Å². The minimum absolute atomic E-state index is 0.175. The highest BCUT2D eigenvalue weighted by atomic mass is 35.5. The maximum atomic E-state index is 6.24. The summed E-state index contributed by atoms with van der Waals surface area (Å²) in [4.78, 5) is 0. The second-order valence-electron chi connectivity index (χ2n) is 6.26. The van der Waals surface area contributed by atoms with E-state index in [-0.39, 0.29) is 5.41 Å². The van der Waals surface area contributed by atoms with Crippen molar-refractivity contribution in [1.82, 2.24) is 5.32 Å². The summed E-state index contributed by atoms with van der Waals surface area (Å²) in [5.74, 6) is 0.819. The first kappa shape index (κ1) is 17.1. The molecular weight excluding hydrogens is 305 g/mol. The third-order valence-electron chi connectivity index (χ3n) is 4.71. The van der Waals surface area contributed by atoms with Crippen LogP contribution in [-0.2, 0) is 10.2 Å². The Hall–Kier alpha value is -0.280. The summed E-state index contributed by atoms with van der Waals surface area (Å²) in [6.07, 6.45) is 4.94. The molecule has 1 aromatic carbocycles. The standard InChI is InChI=1S/C17H25Cl2NO/c1-13-5-7-17(8-6-13,12-20-9-10-21-2)14-3-4-15(18)16(19)11-14/h3-4,11,13,20H,5-10,12H2,1-2H3. The summed E-state index contributed by atoms with van der Waals surface area (Å²) < 4.78 is 5.12. The largest absolute Gasteiger partial charge is 0.383 e. The Balaban J connectivity index is 2.16. The lowest BCUT2D eigenvalue weighted by atomic mass is 9.67. The van der Waals surface area contributed by atoms with E-state index in [1.807, 2.05) is 6.07 Å². The molecule has 21 heavy (non-hydrogen) atoms. The molecule has 1 N–H and O–H groups in total. The molecular formula is C17H25Cl2NO. The SMILES string of the molecule is COCCNCC1(c2ccc(Cl)c(Cl)c2)CCC(C)CC1. The molecule has 0 saturated heterocycles. The molecule has 1 saturated carbocycles. The van der Waals surface area contributed by atoms with Crippen LogP contribution >= 0.6 is 23.2 Å². The molecule has 118 valence electrons. The van der Waals surface area contributed by atoms with E-state index in [1.54, 1.807) is 7.11 Å². The van der Waals surface area contributed by atoms with E-state index in [0.29, 0.717) is 10.0 Å². The zero-order chi connectivity index (χ0) is 15.3. The highest BCUT2D eigenvalue weighted by Crippen LogP contribution is 2.42. The van der Waals surface area contributed by atoms with Gasteiger partial charge in [0.1, 0.15) is 0 Å². The number of halogens is 2. The Morgan fingerprint density at radius 2 is 1.95 bits per heavy atom. The maximum Gasteiger partial charge on any atom is 0.0595 e. The third-order valence-corrected chi connectivity index (χ3v) is 5.45. The molecule has 0 bridgehead atoms. The van der Waals surface area contributed by atoms with Gasteiger partial charge in [-0.15, -0.1) is 0 Å². The van der Waals surface area contributed by atoms with Crippen molar-refractivity contribution in [2.24, 2.45) is 5.92 Å². The Bertz CT molecular complexity index is 456. The lowest BCUT2D eigenvalue weighted by Crippen LogP contribution is -2.42. The van der Waals surface area contributed by atoms with E-state index in [2.05, 4.69) is 24.4 Å². The van der Waals surface area contributed by atoms with E-state index < -0.39 is 0 Å². The molecule has 0 aromatic heterocycles. The van der Waals surface area contributed by atoms with Gasteiger partial charge in [-0.25, -0.2) is 0 Å². The van der Waals surface area contributed by atoms with Crippen LogP contribution < -0.4 is 5.32 Å². The van der Waals surface area contributed by atoms with E-state index in [9.17, 15) is 0 Å². The van der Waals surface area contributed by atoms with Crippen LogP contribution in [-0.4, -0.2) is 26.8 Å². The van der Waals surface area contributed by atoms with Gasteiger partial charge in [0.15, 0.2) is 0 Å². The summed E-state index contributed by atoms with van der Waals surface area (Å²) in [5, 5.41) is 4.83. The summed E-state index contributed by atoms with van der Waals surface area (Å²) in [5.41, 5.74) is 1.49. The Morgan fingerprint density at radius 1 is 1.24 bits per heavy atom. The minimum atomic E-state index is 0.175. The van der Waals surface area contributed by atoms with Crippen molar-refractivity contribution in [3.8, 4) is 0 Å². The van der Waals surface area contributed by atoms with E-state index in [1.165, 1.54) is 31.2 Å². The third kappa shape index (κ3) is 4.35. The van der Waals surface area contributed by atoms with E-state index in [4.69, 9.17) is 27.9 Å². The highest BCUT2D eigenvalue weighted by molar-refractivity contribution is 6.42. The van der Waals surface area contributed by atoms with Gasteiger partial charge in [-0.1, -0.05) is 36.2 Å². The molecule has 0 spiro atoms. The summed E-state index contributed by atoms with van der Waals surface area (Å²) in [6.45, 7) is 4.95. The number of methoxy groups -OCH3 is 1. The highest BCUT2D eigenvalue weighted by Gasteiger charge is 2.35. The molecule has 1 aromatic rings. The molecule has 0 atom stereocenters. The molecule has 0 amide bonds. The van der Waals surface area contributed by atoms with Crippen molar-refractivity contribution in [2.45, 2.75) is 38.0 Å². The number of rotatable bonds is 6. The lowest BCUT2D eigenvalue weighted by Gasteiger charge is -2.40. The average molecular weight is 330 g/mol. The topological polar surface area (TPSA) is 21.3 Å². The Kier molecular flexibility index (Phi) is 6.36. The Morgan fingerprint density at radius 3 is 2.57 bits per heavy atom. The molecule has 0 heterocycles. The van der Waals surface area contributed by atoms with Crippen LogP contribution in [0.1, 0.15) is 38.2 Å². The van der Waals surface area contributed by atoms with Gasteiger partial charge in [-0.05, 0) is 49.3 Å². The molecule has 1 aliphatic rings. The zero-order valence-electron chi connectivity index (χ0n) is 12.9. The van der Waals surface area contributed by atoms with Crippen LogP contribution in [0.4, 0.5) is 0 Å². The van der Waals surface area contributed by atoms with Gasteiger partial charge in [0.05, 0.1) is 16.7 Å². The first-order valence-electron chi connectivity index (χ1n) is 7.72. The smallest absolute Gasteiger partial charge is 0.0595 e. The van der Waals surface area contributed by atoms with Crippen molar-refractivity contribution in [3.05, 3.63) is 33.8 Å². The van der Waals surface area contributed by atoms with Gasteiger partial charge in [-0.3, -0.25) is 0 Å². The van der Waals surface area contributed by atoms with Crippen LogP contribution in [0.15, 0.2) is 18.2 Å². The summed E-state index contributed by atoms with van der Waals surface area (Å²) in [7, 11) is 1.73. The fraction of sp³-hybridized carbons (Fsp3) is 0.647. The van der Waals surface area contributed by atoms with Crippen LogP contribution in [0.5, 0.6) is 0 Å². The van der Waals surface area contributed by atoms with Gasteiger partial charge >= 0.3 is 0 Å². The zero-order valence-corrected chi connectivity index (χ0v) is 14.4. The van der Waals surface area contributed by atoms with Crippen molar-refractivity contribution in [2.75, 3.05) is 26.8 Å². The molecule has 1 aliphatic carbocycles. The molecule has 2 nitrogen and oxygen atoms in total. The molecule has 0 radical (unpaired) electrons. The van der Waals surface area contributed by atoms with Gasteiger partial charge in [0.2, 0.25) is 0 Å². The predicted octanol–water partition coefficient (Wildman–Crippen LogP) is 4.68. The second kappa shape index (κ2) is 7.82. The lowest BCUT2D eigenvalue weighted by molar-refractivity contribution is 0.187. The monoisotopic (exact) mass is 329 g/mol. The molecule has 0 aliphatic heterocycles.